The summed E-state index contributed by atoms with van der Waals surface area (Å²) in [5, 5.41) is 0.171. The second-order valence-electron chi connectivity index (χ2n) is 7.46. The normalized spacial score (nSPS) is 20.3. The van der Waals surface area contributed by atoms with E-state index in [0.29, 0.717) is 5.92 Å². The van der Waals surface area contributed by atoms with Crippen molar-refractivity contribution in [2.75, 3.05) is 13.7 Å². The van der Waals surface area contributed by atoms with Gasteiger partial charge >= 0.3 is 0 Å². The lowest BCUT2D eigenvalue weighted by Gasteiger charge is -2.29. The molecule has 0 N–H and O–H groups in total. The van der Waals surface area contributed by atoms with Crippen LogP contribution in [0.4, 0.5) is 4.39 Å². The Morgan fingerprint density at radius 3 is 2.31 bits per heavy atom. The van der Waals surface area contributed by atoms with Crippen LogP contribution in [-0.4, -0.2) is 13.7 Å². The molecule has 2 aromatic rings. The van der Waals surface area contributed by atoms with Gasteiger partial charge in [0.2, 0.25) is 0 Å². The minimum Gasteiger partial charge on any atom is -0.385 e. The number of hydrogen-bond donors (Lipinski definition) is 0. The van der Waals surface area contributed by atoms with E-state index in [4.69, 9.17) is 16.3 Å². The Morgan fingerprint density at radius 1 is 0.962 bits per heavy atom. The summed E-state index contributed by atoms with van der Waals surface area (Å²) in [5.41, 5.74) is 3.33. The molecule has 0 bridgehead atoms. The van der Waals surface area contributed by atoms with E-state index in [1.807, 2.05) is 6.07 Å². The predicted molar refractivity (Wildman–Crippen MR) is 107 cm³/mol. The summed E-state index contributed by atoms with van der Waals surface area (Å²) in [4.78, 5) is 0. The molecule has 3 rings (SSSR count). The summed E-state index contributed by atoms with van der Waals surface area (Å²) in [7, 11) is 1.78. The number of halogens is 2. The van der Waals surface area contributed by atoms with Gasteiger partial charge < -0.3 is 4.74 Å². The third kappa shape index (κ3) is 5.08. The van der Waals surface area contributed by atoms with Gasteiger partial charge in [-0.3, -0.25) is 0 Å². The second-order valence-corrected chi connectivity index (χ2v) is 7.86. The van der Waals surface area contributed by atoms with Gasteiger partial charge in [-0.1, -0.05) is 54.8 Å². The van der Waals surface area contributed by atoms with Crippen LogP contribution in [0.1, 0.15) is 56.4 Å². The maximum atomic E-state index is 13.7. The molecule has 1 aliphatic rings. The summed E-state index contributed by atoms with van der Waals surface area (Å²) < 4.78 is 18.8. The van der Waals surface area contributed by atoms with Gasteiger partial charge in [-0.05, 0) is 72.8 Å². The number of ether oxygens (including phenoxy) is 1. The first-order chi connectivity index (χ1) is 12.7. The van der Waals surface area contributed by atoms with Gasteiger partial charge in [0, 0.05) is 13.7 Å². The Morgan fingerprint density at radius 2 is 1.65 bits per heavy atom. The van der Waals surface area contributed by atoms with Crippen LogP contribution in [0.5, 0.6) is 0 Å². The van der Waals surface area contributed by atoms with Crippen molar-refractivity contribution in [2.45, 2.75) is 50.9 Å². The Kier molecular flexibility index (Phi) is 7.10. The Hall–Kier alpha value is -1.38. The van der Waals surface area contributed by atoms with Crippen molar-refractivity contribution < 1.29 is 9.13 Å². The third-order valence-electron chi connectivity index (χ3n) is 5.69. The van der Waals surface area contributed by atoms with Gasteiger partial charge in [-0.2, -0.15) is 0 Å². The summed E-state index contributed by atoms with van der Waals surface area (Å²) in [6.45, 7) is 0.888. The van der Waals surface area contributed by atoms with Crippen LogP contribution < -0.4 is 0 Å². The summed E-state index contributed by atoms with van der Waals surface area (Å²) in [5.74, 6) is 1.19. The van der Waals surface area contributed by atoms with E-state index in [2.05, 4.69) is 24.3 Å². The van der Waals surface area contributed by atoms with Crippen molar-refractivity contribution in [3.8, 4) is 11.1 Å². The van der Waals surface area contributed by atoms with Crippen molar-refractivity contribution in [2.24, 2.45) is 5.92 Å². The van der Waals surface area contributed by atoms with Crippen molar-refractivity contribution in [3.05, 3.63) is 58.9 Å². The zero-order valence-corrected chi connectivity index (χ0v) is 16.3. The summed E-state index contributed by atoms with van der Waals surface area (Å²) >= 11 is 5.77. The summed E-state index contributed by atoms with van der Waals surface area (Å²) in [6.07, 6.45) is 9.05. The van der Waals surface area contributed by atoms with E-state index in [9.17, 15) is 4.39 Å². The quantitative estimate of drug-likeness (QED) is 0.464. The number of hydrogen-bond acceptors (Lipinski definition) is 1. The fourth-order valence-corrected chi connectivity index (χ4v) is 4.20. The van der Waals surface area contributed by atoms with Crippen LogP contribution in [0, 0.1) is 11.7 Å². The predicted octanol–water partition coefficient (Wildman–Crippen LogP) is 7.24. The number of methoxy groups -OCH3 is 1. The Balaban J connectivity index is 1.54. The molecule has 0 atom stereocenters. The smallest absolute Gasteiger partial charge is 0.142 e. The first kappa shape index (κ1) is 19.4. The molecule has 26 heavy (non-hydrogen) atoms. The number of rotatable bonds is 7. The van der Waals surface area contributed by atoms with E-state index < -0.39 is 0 Å². The Labute approximate surface area is 161 Å². The lowest BCUT2D eigenvalue weighted by Crippen LogP contribution is -2.13. The fourth-order valence-electron chi connectivity index (χ4n) is 4.09. The van der Waals surface area contributed by atoms with Crippen LogP contribution in [0.2, 0.25) is 5.02 Å². The SMILES string of the molecule is COCCCCC1CCC(c2ccc(-c3ccc(Cl)c(F)c3)cc2)CC1. The molecule has 0 aromatic heterocycles. The maximum Gasteiger partial charge on any atom is 0.142 e. The van der Waals surface area contributed by atoms with Gasteiger partial charge in [0.05, 0.1) is 5.02 Å². The van der Waals surface area contributed by atoms with Gasteiger partial charge in [0.15, 0.2) is 0 Å². The highest BCUT2D eigenvalue weighted by molar-refractivity contribution is 6.30. The molecule has 0 saturated heterocycles. The molecular formula is C23H28ClFO. The van der Waals surface area contributed by atoms with Crippen LogP contribution in [0.3, 0.4) is 0 Å². The molecule has 3 heteroatoms. The molecule has 0 radical (unpaired) electrons. The first-order valence-electron chi connectivity index (χ1n) is 9.71. The average molecular weight is 375 g/mol. The zero-order chi connectivity index (χ0) is 18.4. The molecule has 0 heterocycles. The topological polar surface area (TPSA) is 9.23 Å². The number of benzene rings is 2. The zero-order valence-electron chi connectivity index (χ0n) is 15.5. The molecule has 0 amide bonds. The summed E-state index contributed by atoms with van der Waals surface area (Å²) in [6, 6.07) is 13.6. The van der Waals surface area contributed by atoms with E-state index in [-0.39, 0.29) is 10.8 Å². The van der Waals surface area contributed by atoms with Crippen molar-refractivity contribution in [1.82, 2.24) is 0 Å². The van der Waals surface area contributed by atoms with E-state index in [1.54, 1.807) is 13.2 Å². The van der Waals surface area contributed by atoms with Crippen molar-refractivity contribution >= 4 is 11.6 Å². The lowest BCUT2D eigenvalue weighted by molar-refractivity contribution is 0.187. The monoisotopic (exact) mass is 374 g/mol. The van der Waals surface area contributed by atoms with Crippen LogP contribution >= 0.6 is 11.6 Å². The van der Waals surface area contributed by atoms with Crippen LogP contribution in [0.25, 0.3) is 11.1 Å². The lowest BCUT2D eigenvalue weighted by atomic mass is 9.77. The third-order valence-corrected chi connectivity index (χ3v) is 6.00. The molecule has 1 saturated carbocycles. The fraction of sp³-hybridized carbons (Fsp3) is 0.478. The molecule has 1 nitrogen and oxygen atoms in total. The highest BCUT2D eigenvalue weighted by Gasteiger charge is 2.22. The van der Waals surface area contributed by atoms with Gasteiger partial charge in [0.1, 0.15) is 5.82 Å². The molecule has 0 aliphatic heterocycles. The Bertz CT molecular complexity index is 690. The minimum absolute atomic E-state index is 0.171. The molecule has 140 valence electrons. The van der Waals surface area contributed by atoms with Gasteiger partial charge in [-0.25, -0.2) is 4.39 Å². The first-order valence-corrected chi connectivity index (χ1v) is 10.1. The second kappa shape index (κ2) is 9.53. The molecule has 1 aliphatic carbocycles. The van der Waals surface area contributed by atoms with Crippen LogP contribution in [0.15, 0.2) is 42.5 Å². The van der Waals surface area contributed by atoms with Crippen LogP contribution in [-0.2, 0) is 4.74 Å². The van der Waals surface area contributed by atoms with Gasteiger partial charge in [-0.15, -0.1) is 0 Å². The van der Waals surface area contributed by atoms with E-state index >= 15 is 0 Å². The van der Waals surface area contributed by atoms with Gasteiger partial charge in [0.25, 0.3) is 0 Å². The van der Waals surface area contributed by atoms with Crippen molar-refractivity contribution in [3.63, 3.8) is 0 Å². The molecular weight excluding hydrogens is 347 g/mol. The minimum atomic E-state index is -0.364. The highest BCUT2D eigenvalue weighted by Crippen LogP contribution is 2.38. The molecule has 2 aromatic carbocycles. The van der Waals surface area contributed by atoms with E-state index in [1.165, 1.54) is 56.6 Å². The van der Waals surface area contributed by atoms with Crippen molar-refractivity contribution in [1.29, 1.82) is 0 Å². The largest absolute Gasteiger partial charge is 0.385 e. The highest BCUT2D eigenvalue weighted by atomic mass is 35.5. The average Bonchev–Trinajstić information content (AvgIpc) is 2.68. The molecule has 0 unspecified atom stereocenters. The standard InChI is InChI=1S/C23H28ClFO/c1-26-15-3-2-4-17-5-7-18(8-6-17)19-9-11-20(12-10-19)21-13-14-22(24)23(25)16-21/h9-14,16-18H,2-8,15H2,1H3. The van der Waals surface area contributed by atoms with E-state index in [0.717, 1.165) is 23.7 Å². The number of unbranched alkanes of at least 4 members (excludes halogenated alkanes) is 1. The maximum absolute atomic E-state index is 13.7. The molecule has 1 fully saturated rings. The molecule has 0 spiro atoms.